The molecule has 1 unspecified atom stereocenters. The maximum Gasteiger partial charge on any atom is 0.183 e. The summed E-state index contributed by atoms with van der Waals surface area (Å²) in [7, 11) is 5.86. The molecule has 0 aliphatic heterocycles. The zero-order valence-electron chi connectivity index (χ0n) is 10.3. The van der Waals surface area contributed by atoms with Crippen molar-refractivity contribution >= 4 is 17.3 Å². The summed E-state index contributed by atoms with van der Waals surface area (Å²) in [6, 6.07) is 10.5. The van der Waals surface area contributed by atoms with Crippen molar-refractivity contribution < 1.29 is 0 Å². The maximum absolute atomic E-state index is 5.30. The Bertz CT molecular complexity index is 337. The van der Waals surface area contributed by atoms with E-state index in [9.17, 15) is 0 Å². The van der Waals surface area contributed by atoms with Gasteiger partial charge in [0.25, 0.3) is 0 Å². The van der Waals surface area contributed by atoms with Gasteiger partial charge in [0.15, 0.2) is 5.11 Å². The lowest BCUT2D eigenvalue weighted by molar-refractivity contribution is 0.142. The van der Waals surface area contributed by atoms with E-state index < -0.39 is 0 Å². The Labute approximate surface area is 103 Å². The quantitative estimate of drug-likeness (QED) is 0.640. The fourth-order valence-electron chi connectivity index (χ4n) is 1.29. The van der Waals surface area contributed by atoms with Gasteiger partial charge in [-0.3, -0.25) is 5.01 Å². The van der Waals surface area contributed by atoms with Crippen LogP contribution in [0.5, 0.6) is 0 Å². The van der Waals surface area contributed by atoms with Gasteiger partial charge in [-0.15, -0.1) is 0 Å². The van der Waals surface area contributed by atoms with Gasteiger partial charge in [-0.1, -0.05) is 30.3 Å². The molecule has 0 radical (unpaired) electrons. The second-order valence-electron chi connectivity index (χ2n) is 3.95. The minimum absolute atomic E-state index is 0.219. The van der Waals surface area contributed by atoms with Crippen LogP contribution < -0.4 is 5.32 Å². The molecule has 0 saturated heterocycles. The largest absolute Gasteiger partial charge is 0.355 e. The predicted octanol–water partition coefficient (Wildman–Crippen LogP) is 2.03. The standard InChI is InChI=1S/C12H19N3S/c1-10(11-8-6-5-7-9-11)13-12(16)15(4)14(2)3/h5-10H,1-4H3,(H,13,16). The summed E-state index contributed by atoms with van der Waals surface area (Å²) in [6.45, 7) is 2.10. The molecule has 1 aromatic rings. The van der Waals surface area contributed by atoms with Gasteiger partial charge < -0.3 is 5.32 Å². The first-order valence-corrected chi connectivity index (χ1v) is 5.69. The van der Waals surface area contributed by atoms with E-state index in [4.69, 9.17) is 12.2 Å². The number of hydrazine groups is 1. The molecule has 1 aromatic carbocycles. The van der Waals surface area contributed by atoms with Gasteiger partial charge in [0.2, 0.25) is 0 Å². The summed E-state index contributed by atoms with van der Waals surface area (Å²) < 4.78 is 0. The number of rotatable bonds is 3. The van der Waals surface area contributed by atoms with Crippen molar-refractivity contribution in [3.63, 3.8) is 0 Å². The van der Waals surface area contributed by atoms with Crippen LogP contribution in [-0.2, 0) is 0 Å². The minimum atomic E-state index is 0.219. The summed E-state index contributed by atoms with van der Waals surface area (Å²) >= 11 is 5.30. The Balaban J connectivity index is 2.58. The van der Waals surface area contributed by atoms with Crippen molar-refractivity contribution in [2.24, 2.45) is 0 Å². The summed E-state index contributed by atoms with van der Waals surface area (Å²) in [5.41, 5.74) is 1.23. The van der Waals surface area contributed by atoms with Crippen LogP contribution in [0.2, 0.25) is 0 Å². The molecule has 3 nitrogen and oxygen atoms in total. The molecule has 4 heteroatoms. The summed E-state index contributed by atoms with van der Waals surface area (Å²) in [4.78, 5) is 0. The lowest BCUT2D eigenvalue weighted by atomic mass is 10.1. The maximum atomic E-state index is 5.30. The van der Waals surface area contributed by atoms with E-state index in [0.29, 0.717) is 0 Å². The molecular formula is C12H19N3S. The minimum Gasteiger partial charge on any atom is -0.355 e. The smallest absolute Gasteiger partial charge is 0.183 e. The number of nitrogens with one attached hydrogen (secondary N) is 1. The third kappa shape index (κ3) is 3.47. The second kappa shape index (κ2) is 5.82. The Morgan fingerprint density at radius 2 is 1.75 bits per heavy atom. The average molecular weight is 237 g/mol. The fraction of sp³-hybridized carbons (Fsp3) is 0.417. The first-order valence-electron chi connectivity index (χ1n) is 5.28. The number of hydrogen-bond donors (Lipinski definition) is 1. The van der Waals surface area contributed by atoms with Gasteiger partial charge in [0.05, 0.1) is 6.04 Å². The topological polar surface area (TPSA) is 18.5 Å². The molecule has 0 spiro atoms. The van der Waals surface area contributed by atoms with Crippen LogP contribution in [0.4, 0.5) is 0 Å². The molecule has 0 aliphatic carbocycles. The molecule has 0 heterocycles. The monoisotopic (exact) mass is 237 g/mol. The third-order valence-corrected chi connectivity index (χ3v) is 2.92. The van der Waals surface area contributed by atoms with E-state index in [-0.39, 0.29) is 6.04 Å². The van der Waals surface area contributed by atoms with E-state index in [1.807, 2.05) is 49.4 Å². The van der Waals surface area contributed by atoms with E-state index in [1.54, 1.807) is 0 Å². The molecule has 0 fully saturated rings. The highest BCUT2D eigenvalue weighted by Gasteiger charge is 2.10. The van der Waals surface area contributed by atoms with Crippen LogP contribution in [0.15, 0.2) is 30.3 Å². The van der Waals surface area contributed by atoms with Gasteiger partial charge in [-0.25, -0.2) is 5.01 Å². The molecule has 0 aliphatic rings. The van der Waals surface area contributed by atoms with E-state index in [2.05, 4.69) is 24.4 Å². The van der Waals surface area contributed by atoms with Crippen molar-refractivity contribution in [1.82, 2.24) is 15.3 Å². The zero-order chi connectivity index (χ0) is 12.1. The number of benzene rings is 1. The van der Waals surface area contributed by atoms with E-state index in [0.717, 1.165) is 5.11 Å². The van der Waals surface area contributed by atoms with Gasteiger partial charge >= 0.3 is 0 Å². The third-order valence-electron chi connectivity index (χ3n) is 2.53. The van der Waals surface area contributed by atoms with Crippen molar-refractivity contribution in [3.8, 4) is 0 Å². The molecule has 1 rings (SSSR count). The van der Waals surface area contributed by atoms with Gasteiger partial charge in [-0.05, 0) is 24.7 Å². The first-order chi connectivity index (χ1) is 7.52. The number of thiocarbonyl (C=S) groups is 1. The average Bonchev–Trinajstić information content (AvgIpc) is 2.28. The molecule has 16 heavy (non-hydrogen) atoms. The SMILES string of the molecule is CC(NC(=S)N(C)N(C)C)c1ccccc1. The highest BCUT2D eigenvalue weighted by Crippen LogP contribution is 2.11. The first kappa shape index (κ1) is 12.9. The Kier molecular flexibility index (Phi) is 4.71. The number of hydrogen-bond acceptors (Lipinski definition) is 2. The summed E-state index contributed by atoms with van der Waals surface area (Å²) in [6.07, 6.45) is 0. The highest BCUT2D eigenvalue weighted by molar-refractivity contribution is 7.80. The number of nitrogens with zero attached hydrogens (tertiary/aromatic N) is 2. The normalized spacial score (nSPS) is 12.3. The van der Waals surface area contributed by atoms with E-state index in [1.165, 1.54) is 5.56 Å². The van der Waals surface area contributed by atoms with Crippen molar-refractivity contribution in [3.05, 3.63) is 35.9 Å². The van der Waals surface area contributed by atoms with Crippen molar-refractivity contribution in [2.75, 3.05) is 21.1 Å². The summed E-state index contributed by atoms with van der Waals surface area (Å²) in [5, 5.41) is 7.85. The molecule has 1 atom stereocenters. The molecule has 0 bridgehead atoms. The Morgan fingerprint density at radius 3 is 2.25 bits per heavy atom. The molecule has 0 amide bonds. The molecule has 88 valence electrons. The van der Waals surface area contributed by atoms with Crippen LogP contribution in [0, 0.1) is 0 Å². The second-order valence-corrected chi connectivity index (χ2v) is 4.34. The fourth-order valence-corrected chi connectivity index (χ4v) is 1.63. The molecular weight excluding hydrogens is 218 g/mol. The molecule has 0 saturated carbocycles. The molecule has 0 aromatic heterocycles. The van der Waals surface area contributed by atoms with Crippen molar-refractivity contribution in [2.45, 2.75) is 13.0 Å². The van der Waals surface area contributed by atoms with Crippen LogP contribution in [-0.4, -0.2) is 36.3 Å². The van der Waals surface area contributed by atoms with E-state index >= 15 is 0 Å². The van der Waals surface area contributed by atoms with Crippen LogP contribution in [0.3, 0.4) is 0 Å². The zero-order valence-corrected chi connectivity index (χ0v) is 11.1. The van der Waals surface area contributed by atoms with Crippen molar-refractivity contribution in [1.29, 1.82) is 0 Å². The lowest BCUT2D eigenvalue weighted by Crippen LogP contribution is -2.45. The highest BCUT2D eigenvalue weighted by atomic mass is 32.1. The van der Waals surface area contributed by atoms with Gasteiger partial charge in [0, 0.05) is 21.1 Å². The van der Waals surface area contributed by atoms with Crippen LogP contribution in [0.25, 0.3) is 0 Å². The Hall–Kier alpha value is -1.13. The Morgan fingerprint density at radius 1 is 1.19 bits per heavy atom. The van der Waals surface area contributed by atoms with Crippen LogP contribution in [0.1, 0.15) is 18.5 Å². The lowest BCUT2D eigenvalue weighted by Gasteiger charge is -2.29. The van der Waals surface area contributed by atoms with Crippen LogP contribution >= 0.6 is 12.2 Å². The predicted molar refractivity (Wildman–Crippen MR) is 72.0 cm³/mol. The summed E-state index contributed by atoms with van der Waals surface area (Å²) in [5.74, 6) is 0. The van der Waals surface area contributed by atoms with Gasteiger partial charge in [-0.2, -0.15) is 0 Å². The van der Waals surface area contributed by atoms with Gasteiger partial charge in [0.1, 0.15) is 0 Å². The molecule has 1 N–H and O–H groups in total.